The molecule has 0 aliphatic carbocycles. The van der Waals surface area contributed by atoms with E-state index in [1.165, 1.54) is 12.8 Å². The van der Waals surface area contributed by atoms with Crippen LogP contribution in [0.25, 0.3) is 0 Å². The van der Waals surface area contributed by atoms with Gasteiger partial charge in [-0.25, -0.2) is 0 Å². The minimum absolute atomic E-state index is 0.459. The average molecular weight is 280 g/mol. The lowest BCUT2D eigenvalue weighted by Crippen LogP contribution is -2.20. The molecule has 0 spiro atoms. The van der Waals surface area contributed by atoms with Gasteiger partial charge in [-0.1, -0.05) is 33.1 Å². The maximum absolute atomic E-state index is 6.10. The monoisotopic (exact) mass is 280 g/mol. The molecule has 4 heteroatoms. The summed E-state index contributed by atoms with van der Waals surface area (Å²) in [7, 11) is 3.25. The van der Waals surface area contributed by atoms with E-state index in [-0.39, 0.29) is 0 Å². The molecule has 0 saturated heterocycles. The number of nitrogens with two attached hydrogens (primary N) is 1. The summed E-state index contributed by atoms with van der Waals surface area (Å²) >= 11 is 0. The second-order valence-corrected chi connectivity index (χ2v) is 5.07. The van der Waals surface area contributed by atoms with Crippen molar-refractivity contribution in [3.8, 4) is 11.5 Å². The molecule has 0 bridgehead atoms. The van der Waals surface area contributed by atoms with Gasteiger partial charge in [-0.15, -0.1) is 0 Å². The lowest BCUT2D eigenvalue weighted by Gasteiger charge is -2.21. The number of methoxy groups -OCH3 is 2. The molecule has 1 aromatic carbocycles. The zero-order valence-electron chi connectivity index (χ0n) is 13.2. The van der Waals surface area contributed by atoms with Crippen LogP contribution in [-0.4, -0.2) is 20.3 Å². The van der Waals surface area contributed by atoms with Crippen LogP contribution in [0, 0.1) is 0 Å². The summed E-state index contributed by atoms with van der Waals surface area (Å²) in [5.74, 6) is 1.37. The fraction of sp³-hybridized carbons (Fsp3) is 0.625. The lowest BCUT2D eigenvalue weighted by atomic mass is 10.0. The second-order valence-electron chi connectivity index (χ2n) is 5.07. The van der Waals surface area contributed by atoms with E-state index in [9.17, 15) is 0 Å². The molecule has 0 fully saturated rings. The van der Waals surface area contributed by atoms with Gasteiger partial charge in [-0.05, 0) is 12.8 Å². The molecular formula is C16H28N2O2. The van der Waals surface area contributed by atoms with E-state index in [0.717, 1.165) is 24.9 Å². The molecule has 0 saturated carbocycles. The highest BCUT2D eigenvalue weighted by Crippen LogP contribution is 2.35. The van der Waals surface area contributed by atoms with E-state index in [0.29, 0.717) is 23.2 Å². The Kier molecular flexibility index (Phi) is 7.05. The largest absolute Gasteiger partial charge is 0.493 e. The molecule has 0 heterocycles. The summed E-state index contributed by atoms with van der Waals surface area (Å²) < 4.78 is 10.6. The minimum atomic E-state index is 0.459. The molecule has 0 radical (unpaired) electrons. The van der Waals surface area contributed by atoms with E-state index in [2.05, 4.69) is 19.2 Å². The SMILES string of the molecule is CCCCC(CCC)Nc1cc(OC)c(OC)cc1N. The Bertz CT molecular complexity index is 408. The smallest absolute Gasteiger partial charge is 0.162 e. The number of nitrogens with one attached hydrogen (secondary N) is 1. The zero-order chi connectivity index (χ0) is 15.0. The molecule has 114 valence electrons. The van der Waals surface area contributed by atoms with Crippen molar-refractivity contribution in [1.29, 1.82) is 0 Å². The lowest BCUT2D eigenvalue weighted by molar-refractivity contribution is 0.355. The van der Waals surface area contributed by atoms with Crippen LogP contribution in [0.4, 0.5) is 11.4 Å². The molecule has 0 aromatic heterocycles. The standard InChI is InChI=1S/C16H28N2O2/c1-5-7-9-12(8-6-2)18-14-11-16(20-4)15(19-3)10-13(14)17/h10-12,18H,5-9,17H2,1-4H3. The van der Waals surface area contributed by atoms with Crippen LogP contribution in [0.3, 0.4) is 0 Å². The highest BCUT2D eigenvalue weighted by Gasteiger charge is 2.13. The highest BCUT2D eigenvalue weighted by molar-refractivity contribution is 5.72. The van der Waals surface area contributed by atoms with Crippen LogP contribution in [0.2, 0.25) is 0 Å². The summed E-state index contributed by atoms with van der Waals surface area (Å²) in [5, 5.41) is 3.55. The maximum atomic E-state index is 6.10. The zero-order valence-corrected chi connectivity index (χ0v) is 13.2. The molecule has 3 N–H and O–H groups in total. The van der Waals surface area contributed by atoms with Crippen molar-refractivity contribution < 1.29 is 9.47 Å². The molecular weight excluding hydrogens is 252 g/mol. The molecule has 0 amide bonds. The van der Waals surface area contributed by atoms with Gasteiger partial charge in [0.1, 0.15) is 0 Å². The fourth-order valence-electron chi connectivity index (χ4n) is 2.33. The van der Waals surface area contributed by atoms with E-state index in [4.69, 9.17) is 15.2 Å². The van der Waals surface area contributed by atoms with Crippen molar-refractivity contribution in [3.63, 3.8) is 0 Å². The van der Waals surface area contributed by atoms with Crippen molar-refractivity contribution in [3.05, 3.63) is 12.1 Å². The van der Waals surface area contributed by atoms with Crippen molar-refractivity contribution in [2.75, 3.05) is 25.3 Å². The summed E-state index contributed by atoms with van der Waals surface area (Å²) in [5.41, 5.74) is 7.72. The van der Waals surface area contributed by atoms with Gasteiger partial charge in [0.2, 0.25) is 0 Å². The van der Waals surface area contributed by atoms with E-state index >= 15 is 0 Å². The minimum Gasteiger partial charge on any atom is -0.493 e. The summed E-state index contributed by atoms with van der Waals surface area (Å²) in [6, 6.07) is 4.19. The number of hydrogen-bond donors (Lipinski definition) is 2. The third-order valence-corrected chi connectivity index (χ3v) is 3.46. The van der Waals surface area contributed by atoms with Gasteiger partial charge < -0.3 is 20.5 Å². The number of nitrogen functional groups attached to an aromatic ring is 1. The number of anilines is 2. The van der Waals surface area contributed by atoms with Crippen LogP contribution in [0.1, 0.15) is 46.0 Å². The third kappa shape index (κ3) is 4.51. The summed E-state index contributed by atoms with van der Waals surface area (Å²) in [4.78, 5) is 0. The summed E-state index contributed by atoms with van der Waals surface area (Å²) in [6.45, 7) is 4.42. The van der Waals surface area contributed by atoms with Crippen LogP contribution < -0.4 is 20.5 Å². The molecule has 1 aromatic rings. The third-order valence-electron chi connectivity index (χ3n) is 3.46. The Morgan fingerprint density at radius 3 is 2.25 bits per heavy atom. The second kappa shape index (κ2) is 8.56. The number of ether oxygens (including phenoxy) is 2. The quantitative estimate of drug-likeness (QED) is 0.670. The molecule has 1 unspecified atom stereocenters. The molecule has 20 heavy (non-hydrogen) atoms. The van der Waals surface area contributed by atoms with E-state index < -0.39 is 0 Å². The fourth-order valence-corrected chi connectivity index (χ4v) is 2.33. The van der Waals surface area contributed by atoms with Gasteiger partial charge >= 0.3 is 0 Å². The van der Waals surface area contributed by atoms with Gasteiger partial charge in [0, 0.05) is 18.2 Å². The number of hydrogen-bond acceptors (Lipinski definition) is 4. The molecule has 0 aliphatic heterocycles. The van der Waals surface area contributed by atoms with Gasteiger partial charge in [0.25, 0.3) is 0 Å². The topological polar surface area (TPSA) is 56.5 Å². The van der Waals surface area contributed by atoms with E-state index in [1.807, 2.05) is 12.1 Å². The van der Waals surface area contributed by atoms with Crippen LogP contribution >= 0.6 is 0 Å². The number of benzene rings is 1. The predicted molar refractivity (Wildman–Crippen MR) is 85.8 cm³/mol. The average Bonchev–Trinajstić information content (AvgIpc) is 2.46. The van der Waals surface area contributed by atoms with Gasteiger partial charge in [0.15, 0.2) is 11.5 Å². The van der Waals surface area contributed by atoms with Crippen molar-refractivity contribution in [2.45, 2.75) is 52.0 Å². The highest BCUT2D eigenvalue weighted by atomic mass is 16.5. The Morgan fingerprint density at radius 1 is 1.05 bits per heavy atom. The maximum Gasteiger partial charge on any atom is 0.162 e. The van der Waals surface area contributed by atoms with Crippen LogP contribution in [0.5, 0.6) is 11.5 Å². The first-order valence-corrected chi connectivity index (χ1v) is 7.44. The molecule has 1 rings (SSSR count). The first-order chi connectivity index (χ1) is 9.65. The normalized spacial score (nSPS) is 12.0. The Balaban J connectivity index is 2.88. The van der Waals surface area contributed by atoms with Crippen molar-refractivity contribution in [2.24, 2.45) is 0 Å². The predicted octanol–water partition coefficient (Wildman–Crippen LogP) is 4.06. The number of rotatable bonds is 9. The Morgan fingerprint density at radius 2 is 1.70 bits per heavy atom. The van der Waals surface area contributed by atoms with Gasteiger partial charge in [-0.2, -0.15) is 0 Å². The first-order valence-electron chi connectivity index (χ1n) is 7.44. The van der Waals surface area contributed by atoms with Crippen LogP contribution in [0.15, 0.2) is 12.1 Å². The van der Waals surface area contributed by atoms with Gasteiger partial charge in [-0.3, -0.25) is 0 Å². The number of unbranched alkanes of at least 4 members (excludes halogenated alkanes) is 1. The molecule has 1 atom stereocenters. The molecule has 4 nitrogen and oxygen atoms in total. The Labute approximate surface area is 122 Å². The van der Waals surface area contributed by atoms with Crippen molar-refractivity contribution in [1.82, 2.24) is 0 Å². The molecule has 0 aliphatic rings. The van der Waals surface area contributed by atoms with Crippen molar-refractivity contribution >= 4 is 11.4 Å². The van der Waals surface area contributed by atoms with Gasteiger partial charge in [0.05, 0.1) is 25.6 Å². The van der Waals surface area contributed by atoms with E-state index in [1.54, 1.807) is 14.2 Å². The first kappa shape index (κ1) is 16.5. The summed E-state index contributed by atoms with van der Waals surface area (Å²) in [6.07, 6.45) is 5.91. The van der Waals surface area contributed by atoms with Crippen LogP contribution in [-0.2, 0) is 0 Å². The Hall–Kier alpha value is -1.58.